The third kappa shape index (κ3) is 6.60. The molecule has 0 bridgehead atoms. The highest BCUT2D eigenvalue weighted by Gasteiger charge is 2.67. The Labute approximate surface area is 176 Å². The Hall–Kier alpha value is -1.81. The fraction of sp³-hybridized carbons (Fsp3) is 0.750. The Balaban J connectivity index is 3.42. The predicted octanol–water partition coefficient (Wildman–Crippen LogP) is 3.94. The third-order valence-corrected chi connectivity index (χ3v) is 5.46. The second kappa shape index (κ2) is 9.59. The van der Waals surface area contributed by atoms with Crippen LogP contribution in [0.3, 0.4) is 0 Å². The first-order valence-corrected chi connectivity index (χ1v) is 10.3. The van der Waals surface area contributed by atoms with Crippen molar-refractivity contribution in [3.05, 3.63) is 12.2 Å². The fourth-order valence-electron chi connectivity index (χ4n) is 2.82. The van der Waals surface area contributed by atoms with Crippen molar-refractivity contribution in [3.8, 4) is 0 Å². The zero-order valence-electron chi connectivity index (χ0n) is 16.1. The number of rotatable bonds is 9. The first-order valence-electron chi connectivity index (χ1n) is 8.83. The van der Waals surface area contributed by atoms with Gasteiger partial charge in [-0.05, 0) is 5.92 Å². The SMILES string of the molecule is C=C(C(=O)OC(OCC(F)(F)S(=O)(=O)O)(C(=O)CC1CCCCC1)C(F)(F)F)C(F)(F)F. The maximum absolute atomic E-state index is 13.8. The smallest absolute Gasteiger partial charge is 0.413 e. The summed E-state index contributed by atoms with van der Waals surface area (Å²) in [6, 6.07) is 0. The first-order chi connectivity index (χ1) is 14.2. The van der Waals surface area contributed by atoms with E-state index in [-0.39, 0.29) is 12.8 Å². The molecule has 7 nitrogen and oxygen atoms in total. The number of carbonyl (C=O) groups excluding carboxylic acids is 2. The molecule has 0 aromatic heterocycles. The predicted molar refractivity (Wildman–Crippen MR) is 88.7 cm³/mol. The van der Waals surface area contributed by atoms with Crippen molar-refractivity contribution in [2.24, 2.45) is 5.92 Å². The van der Waals surface area contributed by atoms with Crippen LogP contribution in [0.4, 0.5) is 35.1 Å². The number of alkyl halides is 8. The number of ether oxygens (including phenoxy) is 2. The summed E-state index contributed by atoms with van der Waals surface area (Å²) < 4.78 is 143. The van der Waals surface area contributed by atoms with Crippen LogP contribution in [-0.2, 0) is 29.2 Å². The summed E-state index contributed by atoms with van der Waals surface area (Å²) in [5, 5.41) is -5.43. The molecule has 1 saturated carbocycles. The summed E-state index contributed by atoms with van der Waals surface area (Å²) in [7, 11) is -6.37. The van der Waals surface area contributed by atoms with Gasteiger partial charge < -0.3 is 9.47 Å². The van der Waals surface area contributed by atoms with Crippen LogP contribution in [0.1, 0.15) is 38.5 Å². The highest BCUT2D eigenvalue weighted by atomic mass is 32.2. The van der Waals surface area contributed by atoms with Gasteiger partial charge in [-0.15, -0.1) is 0 Å². The van der Waals surface area contributed by atoms with E-state index < -0.39 is 69.8 Å². The van der Waals surface area contributed by atoms with Gasteiger partial charge in [0.05, 0.1) is 0 Å². The van der Waals surface area contributed by atoms with Crippen LogP contribution in [0.2, 0.25) is 0 Å². The number of carbonyl (C=O) groups is 2. The van der Waals surface area contributed by atoms with Gasteiger partial charge in [-0.2, -0.15) is 43.5 Å². The highest BCUT2D eigenvalue weighted by molar-refractivity contribution is 7.86. The second-order valence-corrected chi connectivity index (χ2v) is 8.56. The molecule has 16 heteroatoms. The standard InChI is InChI=1S/C16H18F8O7S/c1-9(15(19,20)21)12(26)31-14(16(22,23)24,30-8-13(17,18)32(27,28)29)11(25)7-10-5-3-2-4-6-10/h10H,1-8H2,(H,27,28,29). The van der Waals surface area contributed by atoms with E-state index in [2.05, 4.69) is 16.1 Å². The lowest BCUT2D eigenvalue weighted by atomic mass is 9.84. The van der Waals surface area contributed by atoms with Crippen LogP contribution in [0.25, 0.3) is 0 Å². The minimum absolute atomic E-state index is 0.212. The number of esters is 1. The van der Waals surface area contributed by atoms with Crippen molar-refractivity contribution >= 4 is 21.9 Å². The van der Waals surface area contributed by atoms with Gasteiger partial charge in [-0.1, -0.05) is 38.7 Å². The van der Waals surface area contributed by atoms with Crippen LogP contribution >= 0.6 is 0 Å². The molecule has 1 aliphatic carbocycles. The Morgan fingerprint density at radius 3 is 1.88 bits per heavy atom. The maximum atomic E-state index is 13.8. The summed E-state index contributed by atoms with van der Waals surface area (Å²) in [6.07, 6.45) is -10.8. The van der Waals surface area contributed by atoms with Gasteiger partial charge in [0.1, 0.15) is 12.2 Å². The second-order valence-electron chi connectivity index (χ2n) is 7.01. The van der Waals surface area contributed by atoms with Crippen LogP contribution in [0.5, 0.6) is 0 Å². The Bertz CT molecular complexity index is 828. The quantitative estimate of drug-likeness (QED) is 0.166. The van der Waals surface area contributed by atoms with Gasteiger partial charge in [0.2, 0.25) is 5.78 Å². The van der Waals surface area contributed by atoms with E-state index in [4.69, 9.17) is 4.55 Å². The van der Waals surface area contributed by atoms with Crippen molar-refractivity contribution in [1.29, 1.82) is 0 Å². The minimum Gasteiger partial charge on any atom is -0.413 e. The van der Waals surface area contributed by atoms with E-state index in [0.29, 0.717) is 19.3 Å². The van der Waals surface area contributed by atoms with Gasteiger partial charge in [-0.3, -0.25) is 9.35 Å². The fourth-order valence-corrected chi connectivity index (χ4v) is 3.03. The van der Waals surface area contributed by atoms with E-state index >= 15 is 0 Å². The Morgan fingerprint density at radius 2 is 1.47 bits per heavy atom. The lowest BCUT2D eigenvalue weighted by Gasteiger charge is -2.35. The van der Waals surface area contributed by atoms with E-state index in [9.17, 15) is 53.1 Å². The lowest BCUT2D eigenvalue weighted by molar-refractivity contribution is -0.352. The monoisotopic (exact) mass is 506 g/mol. The molecular formula is C16H18F8O7S. The molecule has 186 valence electrons. The molecule has 0 aromatic carbocycles. The average Bonchev–Trinajstić information content (AvgIpc) is 2.62. The molecule has 0 radical (unpaired) electrons. The zero-order chi connectivity index (χ0) is 25.2. The molecule has 0 spiro atoms. The van der Waals surface area contributed by atoms with E-state index in [1.807, 2.05) is 0 Å². The minimum atomic E-state index is -6.37. The average molecular weight is 506 g/mol. The summed E-state index contributed by atoms with van der Waals surface area (Å²) in [4.78, 5) is 24.1. The van der Waals surface area contributed by atoms with Crippen molar-refractivity contribution in [3.63, 3.8) is 0 Å². The lowest BCUT2D eigenvalue weighted by Crippen LogP contribution is -2.59. The summed E-state index contributed by atoms with van der Waals surface area (Å²) in [6.45, 7) is -0.670. The van der Waals surface area contributed by atoms with Crippen molar-refractivity contribution in [1.82, 2.24) is 0 Å². The molecule has 0 aliphatic heterocycles. The molecule has 1 fully saturated rings. The molecule has 0 saturated heterocycles. The number of Topliss-reactive ketones (excluding diaryl/α,β-unsaturated/α-hetero) is 1. The van der Waals surface area contributed by atoms with E-state index in [1.165, 1.54) is 0 Å². The van der Waals surface area contributed by atoms with Gasteiger partial charge in [0.25, 0.3) is 0 Å². The van der Waals surface area contributed by atoms with Gasteiger partial charge in [0.15, 0.2) is 0 Å². The van der Waals surface area contributed by atoms with Crippen LogP contribution in [0, 0.1) is 5.92 Å². The molecule has 1 rings (SSSR count). The first kappa shape index (κ1) is 28.2. The van der Waals surface area contributed by atoms with Crippen LogP contribution < -0.4 is 0 Å². The summed E-state index contributed by atoms with van der Waals surface area (Å²) >= 11 is 0. The number of hydrogen-bond donors (Lipinski definition) is 1. The Morgan fingerprint density at radius 1 is 0.969 bits per heavy atom. The Kier molecular flexibility index (Phi) is 8.46. The van der Waals surface area contributed by atoms with E-state index in [0.717, 1.165) is 0 Å². The summed E-state index contributed by atoms with van der Waals surface area (Å²) in [5.74, 6) is -10.9. The summed E-state index contributed by atoms with van der Waals surface area (Å²) in [5.41, 5.74) is -2.51. The van der Waals surface area contributed by atoms with Gasteiger partial charge >= 0.3 is 39.5 Å². The third-order valence-electron chi connectivity index (χ3n) is 4.58. The molecule has 0 amide bonds. The molecule has 1 aliphatic rings. The number of ketones is 1. The molecule has 0 aromatic rings. The molecule has 32 heavy (non-hydrogen) atoms. The topological polar surface area (TPSA) is 107 Å². The van der Waals surface area contributed by atoms with Crippen LogP contribution in [-0.4, -0.2) is 54.7 Å². The molecule has 1 unspecified atom stereocenters. The molecule has 1 atom stereocenters. The molecule has 1 N–H and O–H groups in total. The molecule has 0 heterocycles. The number of halogens is 8. The van der Waals surface area contributed by atoms with E-state index in [1.54, 1.807) is 0 Å². The van der Waals surface area contributed by atoms with Gasteiger partial charge in [-0.25, -0.2) is 4.79 Å². The zero-order valence-corrected chi connectivity index (χ0v) is 16.9. The highest BCUT2D eigenvalue weighted by Crippen LogP contribution is 2.41. The van der Waals surface area contributed by atoms with Crippen molar-refractivity contribution in [2.75, 3.05) is 6.61 Å². The molecular weight excluding hydrogens is 488 g/mol. The maximum Gasteiger partial charge on any atom is 0.463 e. The van der Waals surface area contributed by atoms with Crippen molar-refractivity contribution in [2.45, 2.75) is 61.9 Å². The largest absolute Gasteiger partial charge is 0.463 e. The van der Waals surface area contributed by atoms with Crippen LogP contribution in [0.15, 0.2) is 12.2 Å². The van der Waals surface area contributed by atoms with Crippen molar-refractivity contribution < 1.29 is 67.2 Å². The normalized spacial score (nSPS) is 18.7. The number of hydrogen-bond acceptors (Lipinski definition) is 6. The van der Waals surface area contributed by atoms with Gasteiger partial charge in [0, 0.05) is 6.42 Å².